The van der Waals surface area contributed by atoms with E-state index in [0.29, 0.717) is 25.1 Å². The third-order valence-corrected chi connectivity index (χ3v) is 4.97. The van der Waals surface area contributed by atoms with Gasteiger partial charge < -0.3 is 19.8 Å². The molecule has 6 nitrogen and oxygen atoms in total. The molecule has 0 unspecified atom stereocenters. The third-order valence-electron chi connectivity index (χ3n) is 4.97. The SMILES string of the molecule is Cc1ccc(Oc2ccc(CNC(=O)C3(NC(=O)c4ccco4)CC3)cc2)c(F)c1. The summed E-state index contributed by atoms with van der Waals surface area (Å²) < 4.78 is 24.5. The molecule has 0 aliphatic heterocycles. The molecule has 0 radical (unpaired) electrons. The van der Waals surface area contributed by atoms with E-state index in [4.69, 9.17) is 9.15 Å². The van der Waals surface area contributed by atoms with Gasteiger partial charge in [0.15, 0.2) is 17.3 Å². The molecule has 2 N–H and O–H groups in total. The van der Waals surface area contributed by atoms with Crippen LogP contribution in [0.25, 0.3) is 0 Å². The lowest BCUT2D eigenvalue weighted by molar-refractivity contribution is -0.124. The van der Waals surface area contributed by atoms with E-state index in [0.717, 1.165) is 11.1 Å². The van der Waals surface area contributed by atoms with E-state index < -0.39 is 17.3 Å². The van der Waals surface area contributed by atoms with Crippen LogP contribution in [0.2, 0.25) is 0 Å². The van der Waals surface area contributed by atoms with E-state index in [1.807, 2.05) is 6.92 Å². The first kappa shape index (κ1) is 19.7. The van der Waals surface area contributed by atoms with Crippen LogP contribution in [0.15, 0.2) is 65.3 Å². The number of ether oxygens (including phenoxy) is 1. The van der Waals surface area contributed by atoms with E-state index in [-0.39, 0.29) is 17.4 Å². The molecular formula is C23H21FN2O4. The summed E-state index contributed by atoms with van der Waals surface area (Å²) >= 11 is 0. The Bertz CT molecular complexity index is 1060. The normalized spacial score (nSPS) is 14.1. The standard InChI is InChI=1S/C23H21FN2O4/c1-15-4-9-19(18(24)13-15)30-17-7-5-16(6-8-17)14-25-22(28)23(10-11-23)26-21(27)20-3-2-12-29-20/h2-9,12-13H,10-11,14H2,1H3,(H,25,28)(H,26,27). The van der Waals surface area contributed by atoms with Gasteiger partial charge in [-0.05, 0) is 67.3 Å². The molecule has 0 bridgehead atoms. The van der Waals surface area contributed by atoms with E-state index in [9.17, 15) is 14.0 Å². The Kier molecular flexibility index (Phi) is 5.27. The molecule has 1 heterocycles. The molecule has 0 atom stereocenters. The minimum absolute atomic E-state index is 0.157. The molecule has 3 aromatic rings. The maximum absolute atomic E-state index is 13.9. The second kappa shape index (κ2) is 8.02. The van der Waals surface area contributed by atoms with Gasteiger partial charge in [0, 0.05) is 6.54 Å². The summed E-state index contributed by atoms with van der Waals surface area (Å²) in [6.07, 6.45) is 2.58. The average Bonchev–Trinajstić information content (AvgIpc) is 3.30. The summed E-state index contributed by atoms with van der Waals surface area (Å²) in [5.41, 5.74) is 0.795. The minimum atomic E-state index is -0.879. The highest BCUT2D eigenvalue weighted by atomic mass is 19.1. The van der Waals surface area contributed by atoms with Crippen molar-refractivity contribution in [3.8, 4) is 11.5 Å². The van der Waals surface area contributed by atoms with Gasteiger partial charge in [-0.3, -0.25) is 9.59 Å². The summed E-state index contributed by atoms with van der Waals surface area (Å²) in [6, 6.07) is 15.0. The molecule has 2 amide bonds. The smallest absolute Gasteiger partial charge is 0.287 e. The zero-order chi connectivity index (χ0) is 21.1. The number of furan rings is 1. The van der Waals surface area contributed by atoms with Crippen LogP contribution in [-0.4, -0.2) is 17.4 Å². The van der Waals surface area contributed by atoms with Crippen LogP contribution >= 0.6 is 0 Å². The first-order valence-corrected chi connectivity index (χ1v) is 9.62. The van der Waals surface area contributed by atoms with Crippen LogP contribution in [-0.2, 0) is 11.3 Å². The number of aryl methyl sites for hydroxylation is 1. The van der Waals surface area contributed by atoms with Crippen molar-refractivity contribution in [2.45, 2.75) is 31.8 Å². The molecule has 30 heavy (non-hydrogen) atoms. The van der Waals surface area contributed by atoms with Crippen molar-refractivity contribution in [1.82, 2.24) is 10.6 Å². The molecule has 4 rings (SSSR count). The maximum atomic E-state index is 13.9. The Morgan fingerprint density at radius 2 is 1.90 bits per heavy atom. The number of amides is 2. The first-order valence-electron chi connectivity index (χ1n) is 9.62. The van der Waals surface area contributed by atoms with Gasteiger partial charge in [0.05, 0.1) is 6.26 Å². The molecule has 1 saturated carbocycles. The molecule has 2 aromatic carbocycles. The van der Waals surface area contributed by atoms with Crippen LogP contribution in [0.3, 0.4) is 0 Å². The van der Waals surface area contributed by atoms with Gasteiger partial charge >= 0.3 is 0 Å². The van der Waals surface area contributed by atoms with Gasteiger partial charge in [-0.25, -0.2) is 4.39 Å². The summed E-state index contributed by atoms with van der Waals surface area (Å²) in [5, 5.41) is 5.60. The van der Waals surface area contributed by atoms with Crippen molar-refractivity contribution >= 4 is 11.8 Å². The quantitative estimate of drug-likeness (QED) is 0.617. The average molecular weight is 408 g/mol. The lowest BCUT2D eigenvalue weighted by Crippen LogP contribution is -2.48. The summed E-state index contributed by atoms with van der Waals surface area (Å²) in [7, 11) is 0. The van der Waals surface area contributed by atoms with Crippen LogP contribution < -0.4 is 15.4 Å². The van der Waals surface area contributed by atoms with E-state index in [1.54, 1.807) is 48.5 Å². The van der Waals surface area contributed by atoms with Crippen molar-refractivity contribution in [3.05, 3.63) is 83.6 Å². The number of benzene rings is 2. The molecule has 1 aliphatic carbocycles. The number of nitrogens with one attached hydrogen (secondary N) is 2. The van der Waals surface area contributed by atoms with Crippen molar-refractivity contribution < 1.29 is 23.1 Å². The number of hydrogen-bond donors (Lipinski definition) is 2. The van der Waals surface area contributed by atoms with E-state index >= 15 is 0 Å². The summed E-state index contributed by atoms with van der Waals surface area (Å²) in [6.45, 7) is 2.11. The highest BCUT2D eigenvalue weighted by Gasteiger charge is 2.51. The van der Waals surface area contributed by atoms with Crippen LogP contribution in [0.1, 0.15) is 34.5 Å². The molecule has 7 heteroatoms. The predicted octanol–water partition coefficient (Wildman–Crippen LogP) is 4.10. The fourth-order valence-electron chi connectivity index (χ4n) is 3.06. The predicted molar refractivity (Wildman–Crippen MR) is 108 cm³/mol. The van der Waals surface area contributed by atoms with Crippen molar-refractivity contribution in [2.24, 2.45) is 0 Å². The summed E-state index contributed by atoms with van der Waals surface area (Å²) in [5.74, 6) is -0.226. The van der Waals surface area contributed by atoms with Crippen molar-refractivity contribution in [3.63, 3.8) is 0 Å². The number of hydrogen-bond acceptors (Lipinski definition) is 4. The molecule has 0 saturated heterocycles. The van der Waals surface area contributed by atoms with Gasteiger partial charge in [0.2, 0.25) is 5.91 Å². The number of rotatable bonds is 7. The first-order chi connectivity index (χ1) is 14.4. The summed E-state index contributed by atoms with van der Waals surface area (Å²) in [4.78, 5) is 24.7. The molecule has 154 valence electrons. The zero-order valence-corrected chi connectivity index (χ0v) is 16.4. The van der Waals surface area contributed by atoms with Crippen molar-refractivity contribution in [1.29, 1.82) is 0 Å². The minimum Gasteiger partial charge on any atom is -0.459 e. The maximum Gasteiger partial charge on any atom is 0.287 e. The van der Waals surface area contributed by atoms with E-state index in [2.05, 4.69) is 10.6 Å². The highest BCUT2D eigenvalue weighted by Crippen LogP contribution is 2.36. The molecule has 0 spiro atoms. The Labute approximate surface area is 173 Å². The zero-order valence-electron chi connectivity index (χ0n) is 16.4. The molecule has 1 aliphatic rings. The highest BCUT2D eigenvalue weighted by molar-refractivity contribution is 5.99. The van der Waals surface area contributed by atoms with Gasteiger partial charge in [0.25, 0.3) is 5.91 Å². The molecule has 1 fully saturated rings. The van der Waals surface area contributed by atoms with Gasteiger partial charge in [0.1, 0.15) is 11.3 Å². The Balaban J connectivity index is 1.31. The lowest BCUT2D eigenvalue weighted by atomic mass is 10.2. The Morgan fingerprint density at radius 3 is 2.53 bits per heavy atom. The number of carbonyl (C=O) groups excluding carboxylic acids is 2. The van der Waals surface area contributed by atoms with E-state index in [1.165, 1.54) is 12.3 Å². The van der Waals surface area contributed by atoms with Gasteiger partial charge in [-0.1, -0.05) is 18.2 Å². The monoisotopic (exact) mass is 408 g/mol. The lowest BCUT2D eigenvalue weighted by Gasteiger charge is -2.16. The molecule has 1 aromatic heterocycles. The Hall–Kier alpha value is -3.61. The Morgan fingerprint density at radius 1 is 1.13 bits per heavy atom. The van der Waals surface area contributed by atoms with Gasteiger partial charge in [-0.2, -0.15) is 0 Å². The molecular weight excluding hydrogens is 387 g/mol. The van der Waals surface area contributed by atoms with Gasteiger partial charge in [-0.15, -0.1) is 0 Å². The number of halogens is 1. The second-order valence-corrected chi connectivity index (χ2v) is 7.38. The van der Waals surface area contributed by atoms with Crippen LogP contribution in [0.5, 0.6) is 11.5 Å². The second-order valence-electron chi connectivity index (χ2n) is 7.38. The van der Waals surface area contributed by atoms with Crippen molar-refractivity contribution in [2.75, 3.05) is 0 Å². The fraction of sp³-hybridized carbons (Fsp3) is 0.217. The topological polar surface area (TPSA) is 80.6 Å². The largest absolute Gasteiger partial charge is 0.459 e. The third kappa shape index (κ3) is 4.35. The van der Waals surface area contributed by atoms with Crippen LogP contribution in [0.4, 0.5) is 4.39 Å². The number of carbonyl (C=O) groups is 2. The fourth-order valence-corrected chi connectivity index (χ4v) is 3.06. The van der Waals surface area contributed by atoms with Crippen LogP contribution in [0, 0.1) is 12.7 Å².